The smallest absolute Gasteiger partial charge is 0.475 e. The number of carboxylic acids is 1. The third-order valence-electron chi connectivity index (χ3n) is 10.1. The van der Waals surface area contributed by atoms with Gasteiger partial charge in [0.1, 0.15) is 12.2 Å². The van der Waals surface area contributed by atoms with Crippen LogP contribution < -0.4 is 10.6 Å². The van der Waals surface area contributed by atoms with Gasteiger partial charge < -0.3 is 35.4 Å². The van der Waals surface area contributed by atoms with E-state index in [9.17, 15) is 23.4 Å². The van der Waals surface area contributed by atoms with Crippen LogP contribution >= 0.6 is 0 Å². The molecule has 4 atom stereocenters. The Morgan fingerprint density at radius 1 is 0.926 bits per heavy atom. The molecule has 54 heavy (non-hydrogen) atoms. The molecule has 5 N–H and O–H groups in total. The molecule has 5 aromatic rings. The highest BCUT2D eigenvalue weighted by Crippen LogP contribution is 2.40. The lowest BCUT2D eigenvalue weighted by Gasteiger charge is -2.26. The maximum atomic E-state index is 11.3. The number of aliphatic hydroxyl groups is 2. The Morgan fingerprint density at radius 3 is 2.15 bits per heavy atom. The van der Waals surface area contributed by atoms with E-state index in [1.807, 2.05) is 29.1 Å². The Bertz CT molecular complexity index is 1910. The van der Waals surface area contributed by atoms with Gasteiger partial charge in [-0.2, -0.15) is 28.2 Å². The summed E-state index contributed by atoms with van der Waals surface area (Å²) in [6.07, 6.45) is 3.59. The summed E-state index contributed by atoms with van der Waals surface area (Å²) >= 11 is 0. The molecule has 288 valence electrons. The summed E-state index contributed by atoms with van der Waals surface area (Å²) in [6, 6.07) is 20.2. The lowest BCUT2D eigenvalue weighted by molar-refractivity contribution is -0.192. The van der Waals surface area contributed by atoms with E-state index in [1.54, 1.807) is 11.0 Å². The predicted octanol–water partition coefficient (Wildman–Crippen LogP) is 5.27. The molecule has 4 heterocycles. The van der Waals surface area contributed by atoms with Gasteiger partial charge in [0.25, 0.3) is 0 Å². The number of piperidine rings is 1. The first kappa shape index (κ1) is 38.7. The number of fused-ring (bicyclic) bond motifs is 1. The van der Waals surface area contributed by atoms with E-state index < -0.39 is 30.4 Å². The van der Waals surface area contributed by atoms with Gasteiger partial charge in [-0.05, 0) is 55.5 Å². The summed E-state index contributed by atoms with van der Waals surface area (Å²) in [5.41, 5.74) is 4.76. The second-order valence-electron chi connectivity index (χ2n) is 13.6. The van der Waals surface area contributed by atoms with Gasteiger partial charge in [-0.1, -0.05) is 74.0 Å². The van der Waals surface area contributed by atoms with Crippen LogP contribution in [-0.2, 0) is 11.2 Å². The average molecular weight is 750 g/mol. The van der Waals surface area contributed by atoms with Crippen molar-refractivity contribution in [3.05, 3.63) is 96.1 Å². The van der Waals surface area contributed by atoms with Gasteiger partial charge in [0, 0.05) is 31.7 Å². The molecule has 0 unspecified atom stereocenters. The summed E-state index contributed by atoms with van der Waals surface area (Å²) in [5, 5.41) is 41.2. The number of hydrogen-bond donors (Lipinski definition) is 5. The molecular formula is C38H46F3N9O4. The summed E-state index contributed by atoms with van der Waals surface area (Å²) < 4.78 is 35.4. The Hall–Kier alpha value is -5.06. The number of benzene rings is 2. The minimum atomic E-state index is -5.08. The number of nitrogens with zero attached hydrogens (tertiary/aromatic N) is 7. The fraction of sp³-hybridized carbons (Fsp3) is 0.447. The number of nitrogens with one attached hydrogen (secondary N) is 2. The van der Waals surface area contributed by atoms with Crippen molar-refractivity contribution in [2.24, 2.45) is 0 Å². The normalized spacial score (nSPS) is 20.5. The van der Waals surface area contributed by atoms with Crippen molar-refractivity contribution in [2.45, 2.75) is 75.4 Å². The van der Waals surface area contributed by atoms with Crippen LogP contribution in [0.15, 0.2) is 79.4 Å². The molecule has 0 spiro atoms. The minimum absolute atomic E-state index is 0.0923. The largest absolute Gasteiger partial charge is 0.490 e. The fourth-order valence-corrected chi connectivity index (χ4v) is 7.13. The van der Waals surface area contributed by atoms with Crippen molar-refractivity contribution < 1.29 is 33.3 Å². The van der Waals surface area contributed by atoms with E-state index in [0.29, 0.717) is 35.9 Å². The molecule has 1 aliphatic heterocycles. The molecule has 1 saturated carbocycles. The zero-order valence-electron chi connectivity index (χ0n) is 30.0. The number of aromatic nitrogens is 6. The zero-order chi connectivity index (χ0) is 38.2. The van der Waals surface area contributed by atoms with Gasteiger partial charge in [0.15, 0.2) is 17.0 Å². The van der Waals surface area contributed by atoms with Crippen molar-refractivity contribution >= 4 is 28.9 Å². The highest BCUT2D eigenvalue weighted by Gasteiger charge is 2.44. The van der Waals surface area contributed by atoms with E-state index in [1.165, 1.54) is 30.4 Å². The van der Waals surface area contributed by atoms with Gasteiger partial charge in [0.2, 0.25) is 5.95 Å². The monoisotopic (exact) mass is 749 g/mol. The average Bonchev–Trinajstić information content (AvgIpc) is 3.90. The molecule has 1 aliphatic carbocycles. The second-order valence-corrected chi connectivity index (χ2v) is 13.6. The van der Waals surface area contributed by atoms with E-state index in [-0.39, 0.29) is 12.0 Å². The molecule has 13 nitrogen and oxygen atoms in total. The van der Waals surface area contributed by atoms with Crippen LogP contribution in [0.4, 0.5) is 24.9 Å². The van der Waals surface area contributed by atoms with Crippen molar-refractivity contribution in [3.8, 4) is 0 Å². The number of aliphatic carboxylic acids is 1. The minimum Gasteiger partial charge on any atom is -0.475 e. The van der Waals surface area contributed by atoms with E-state index in [0.717, 1.165) is 38.2 Å². The lowest BCUT2D eigenvalue weighted by Crippen LogP contribution is -2.34. The molecule has 2 aromatic carbocycles. The number of rotatable bonds is 12. The number of carbonyl (C=O) groups is 1. The number of halogens is 3. The number of carboxylic acid groups (broad SMARTS) is 1. The fourth-order valence-electron chi connectivity index (χ4n) is 7.13. The molecule has 2 fully saturated rings. The molecular weight excluding hydrogens is 703 g/mol. The molecule has 7 rings (SSSR count). The van der Waals surface area contributed by atoms with Crippen molar-refractivity contribution in [2.75, 3.05) is 43.4 Å². The van der Waals surface area contributed by atoms with Crippen LogP contribution in [0.25, 0.3) is 11.2 Å². The lowest BCUT2D eigenvalue weighted by atomic mass is 9.91. The molecule has 3 aromatic heterocycles. The molecule has 0 radical (unpaired) electrons. The summed E-state index contributed by atoms with van der Waals surface area (Å²) in [4.78, 5) is 26.0. The zero-order valence-corrected chi connectivity index (χ0v) is 30.0. The van der Waals surface area contributed by atoms with Crippen LogP contribution in [0.1, 0.15) is 67.3 Å². The Kier molecular flexibility index (Phi) is 12.4. The van der Waals surface area contributed by atoms with E-state index in [4.69, 9.17) is 24.9 Å². The molecule has 0 bridgehead atoms. The third kappa shape index (κ3) is 9.17. The van der Waals surface area contributed by atoms with E-state index >= 15 is 0 Å². The number of aryl methyl sites for hydroxylation is 1. The maximum Gasteiger partial charge on any atom is 0.490 e. The maximum absolute atomic E-state index is 11.3. The van der Waals surface area contributed by atoms with Crippen molar-refractivity contribution in [1.29, 1.82) is 0 Å². The summed E-state index contributed by atoms with van der Waals surface area (Å²) in [6.45, 7) is 6.58. The Balaban J connectivity index is 0.000000649. The standard InChI is InChI=1S/C36H45N9O2.C2HF3O2/c1-2-25-21-40-45(23-25)30-20-29(32(46)33(30)47)44-24-39-31-34(41-36(42-35(31)44)37-16-19-43-17-10-5-11-18-43)38-22-28(26-12-6-3-7-13-26)27-14-8-4-9-15-27;3-2(4,5)1(6)7/h3-4,6-9,12-15,21,23-24,28-30,32-33,46-47H,2,5,10-11,16-20,22H2,1H3,(H2,37,38,41,42);(H,6,7)/t29-,30+,32+,33-;/m1./s1. The molecule has 1 saturated heterocycles. The molecule has 2 aliphatic rings. The van der Waals surface area contributed by atoms with Gasteiger partial charge in [-0.3, -0.25) is 4.68 Å². The van der Waals surface area contributed by atoms with Crippen molar-refractivity contribution in [1.82, 2.24) is 34.2 Å². The van der Waals surface area contributed by atoms with Crippen molar-refractivity contribution in [3.63, 3.8) is 0 Å². The first-order chi connectivity index (χ1) is 26.0. The number of aliphatic hydroxyl groups excluding tert-OH is 2. The van der Waals surface area contributed by atoms with Gasteiger partial charge >= 0.3 is 12.1 Å². The first-order valence-electron chi connectivity index (χ1n) is 18.3. The van der Waals surface area contributed by atoms with Crippen LogP contribution in [0.5, 0.6) is 0 Å². The topological polar surface area (TPSA) is 166 Å². The van der Waals surface area contributed by atoms with Gasteiger partial charge in [-0.15, -0.1) is 0 Å². The van der Waals surface area contributed by atoms with Crippen LogP contribution in [0.2, 0.25) is 0 Å². The Morgan fingerprint density at radius 2 is 1.56 bits per heavy atom. The van der Waals surface area contributed by atoms with Crippen LogP contribution in [0.3, 0.4) is 0 Å². The van der Waals surface area contributed by atoms with Gasteiger partial charge in [-0.25, -0.2) is 9.78 Å². The van der Waals surface area contributed by atoms with Gasteiger partial charge in [0.05, 0.1) is 24.6 Å². The Labute approximate surface area is 310 Å². The molecule has 0 amide bonds. The second kappa shape index (κ2) is 17.4. The number of likely N-dealkylation sites (tertiary alicyclic amines) is 1. The molecule has 16 heteroatoms. The van der Waals surface area contributed by atoms with E-state index in [2.05, 4.69) is 76.1 Å². The first-order valence-corrected chi connectivity index (χ1v) is 18.3. The number of hydrogen-bond acceptors (Lipinski definition) is 10. The SMILES string of the molecule is CCc1cnn([C@H]2C[C@@H](n3cnc4c(NCC(c5ccccc5)c5ccccc5)nc(NCCN5CCCCC5)nc43)[C@H](O)[C@@H]2O)c1.O=C(O)C(F)(F)F. The quantitative estimate of drug-likeness (QED) is 0.113. The summed E-state index contributed by atoms with van der Waals surface area (Å²) in [7, 11) is 0. The highest BCUT2D eigenvalue weighted by atomic mass is 19.4. The van der Waals surface area contributed by atoms with Crippen LogP contribution in [-0.4, -0.2) is 107 Å². The number of imidazole rings is 1. The predicted molar refractivity (Wildman–Crippen MR) is 197 cm³/mol. The number of alkyl halides is 3. The number of anilines is 2. The van der Waals surface area contributed by atoms with Crippen LogP contribution in [0, 0.1) is 0 Å². The highest BCUT2D eigenvalue weighted by molar-refractivity contribution is 5.84. The summed E-state index contributed by atoms with van der Waals surface area (Å²) in [5.74, 6) is -1.52. The third-order valence-corrected chi connectivity index (χ3v) is 10.1.